The van der Waals surface area contributed by atoms with Crippen LogP contribution in [0.2, 0.25) is 0 Å². The molecule has 0 aromatic heterocycles. The maximum atomic E-state index is 12.1. The molecular weight excluding hydrogens is 372 g/mol. The monoisotopic (exact) mass is 402 g/mol. The average molecular weight is 402 g/mol. The second kappa shape index (κ2) is 11.1. The third-order valence-electron chi connectivity index (χ3n) is 4.54. The molecule has 7 nitrogen and oxygen atoms in total. The molecule has 2 amide bonds. The maximum Gasteiger partial charge on any atom is 0.412 e. The third kappa shape index (κ3) is 5.53. The van der Waals surface area contributed by atoms with Crippen LogP contribution < -0.4 is 24.8 Å². The molecular formula is C22H30N2O5. The minimum Gasteiger partial charge on any atom is -0.489 e. The summed E-state index contributed by atoms with van der Waals surface area (Å²) in [6.45, 7) is 4.39. The minimum atomic E-state index is -0.590. The lowest BCUT2D eigenvalue weighted by Crippen LogP contribution is -2.24. The first kappa shape index (κ1) is 22.3. The van der Waals surface area contributed by atoms with Crippen LogP contribution in [-0.4, -0.2) is 32.9 Å². The number of carbonyl (C=O) groups excluding carboxylic acids is 2. The molecule has 0 fully saturated rings. The van der Waals surface area contributed by atoms with Crippen LogP contribution in [0.1, 0.15) is 45.1 Å². The van der Waals surface area contributed by atoms with Gasteiger partial charge in [-0.1, -0.05) is 50.5 Å². The molecule has 0 unspecified atom stereocenters. The first-order valence-corrected chi connectivity index (χ1v) is 10.1. The minimum absolute atomic E-state index is 0.330. The molecule has 0 spiro atoms. The number of hydrogen-bond donors (Lipinski definition) is 2. The highest BCUT2D eigenvalue weighted by Gasteiger charge is 2.25. The van der Waals surface area contributed by atoms with E-state index >= 15 is 0 Å². The van der Waals surface area contributed by atoms with Crippen LogP contribution in [0.5, 0.6) is 17.2 Å². The summed E-state index contributed by atoms with van der Waals surface area (Å²) in [6.07, 6.45) is 3.65. The number of nitrogens with one attached hydrogen (secondary N) is 2. The summed E-state index contributed by atoms with van der Waals surface area (Å²) >= 11 is 0. The van der Waals surface area contributed by atoms with Gasteiger partial charge in [0.2, 0.25) is 0 Å². The number of unbranched alkanes of at least 4 members (excludes halogenated alkanes) is 3. The predicted octanol–water partition coefficient (Wildman–Crippen LogP) is 4.80. The van der Waals surface area contributed by atoms with Gasteiger partial charge >= 0.3 is 12.2 Å². The zero-order valence-corrected chi connectivity index (χ0v) is 17.6. The summed E-state index contributed by atoms with van der Waals surface area (Å²) < 4.78 is 17.2. The molecule has 0 aliphatic carbocycles. The first-order valence-electron chi connectivity index (χ1n) is 10.1. The Morgan fingerprint density at radius 3 is 1.97 bits per heavy atom. The summed E-state index contributed by atoms with van der Waals surface area (Å²) in [6, 6.07) is 7.34. The van der Waals surface area contributed by atoms with E-state index in [1.807, 2.05) is 31.2 Å². The number of fused-ring (bicyclic) bond motifs is 1. The van der Waals surface area contributed by atoms with E-state index in [-0.39, 0.29) is 0 Å². The van der Waals surface area contributed by atoms with Crippen LogP contribution in [0, 0.1) is 0 Å². The lowest BCUT2D eigenvalue weighted by Gasteiger charge is -2.21. The zero-order valence-electron chi connectivity index (χ0n) is 17.6. The molecule has 0 saturated heterocycles. The van der Waals surface area contributed by atoms with Crippen LogP contribution in [0.3, 0.4) is 0 Å². The zero-order chi connectivity index (χ0) is 21.2. The normalized spacial score (nSPS) is 10.5. The Labute approximate surface area is 171 Å². The molecule has 7 heteroatoms. The number of hydrogen-bond acceptors (Lipinski definition) is 5. The van der Waals surface area contributed by atoms with Gasteiger partial charge in [-0.2, -0.15) is 0 Å². The van der Waals surface area contributed by atoms with Gasteiger partial charge in [0, 0.05) is 30.4 Å². The van der Waals surface area contributed by atoms with E-state index in [1.54, 1.807) is 0 Å². The van der Waals surface area contributed by atoms with Crippen molar-refractivity contribution in [3.05, 3.63) is 29.8 Å². The Morgan fingerprint density at radius 2 is 1.41 bits per heavy atom. The van der Waals surface area contributed by atoms with E-state index in [2.05, 4.69) is 17.6 Å². The van der Waals surface area contributed by atoms with Gasteiger partial charge in [0.05, 0.1) is 6.61 Å². The molecule has 0 aliphatic rings. The van der Waals surface area contributed by atoms with Gasteiger partial charge in [-0.3, -0.25) is 0 Å². The van der Waals surface area contributed by atoms with Crippen molar-refractivity contribution < 1.29 is 23.8 Å². The topological polar surface area (TPSA) is 85.9 Å². The highest BCUT2D eigenvalue weighted by molar-refractivity contribution is 5.99. The van der Waals surface area contributed by atoms with Gasteiger partial charge in [-0.15, -0.1) is 0 Å². The van der Waals surface area contributed by atoms with Gasteiger partial charge in [0.15, 0.2) is 11.5 Å². The molecule has 0 bridgehead atoms. The number of amides is 2. The van der Waals surface area contributed by atoms with E-state index in [0.717, 1.165) is 31.2 Å². The number of benzene rings is 2. The second-order valence-corrected chi connectivity index (χ2v) is 6.53. The molecule has 29 heavy (non-hydrogen) atoms. The molecule has 0 heterocycles. The van der Waals surface area contributed by atoms with Crippen molar-refractivity contribution in [1.82, 2.24) is 10.6 Å². The van der Waals surface area contributed by atoms with Crippen molar-refractivity contribution in [2.24, 2.45) is 0 Å². The summed E-state index contributed by atoms with van der Waals surface area (Å²) in [5, 5.41) is 6.28. The number of ether oxygens (including phenoxy) is 3. The van der Waals surface area contributed by atoms with Gasteiger partial charge in [0.25, 0.3) is 0 Å². The fourth-order valence-corrected chi connectivity index (χ4v) is 3.16. The highest BCUT2D eigenvalue weighted by Crippen LogP contribution is 2.47. The van der Waals surface area contributed by atoms with Crippen molar-refractivity contribution in [3.8, 4) is 17.2 Å². The number of rotatable bonds is 9. The Hall–Kier alpha value is -2.96. The van der Waals surface area contributed by atoms with Gasteiger partial charge < -0.3 is 24.8 Å². The average Bonchev–Trinajstić information content (AvgIpc) is 2.74. The highest BCUT2D eigenvalue weighted by atomic mass is 16.6. The quantitative estimate of drug-likeness (QED) is 0.589. The van der Waals surface area contributed by atoms with Gasteiger partial charge in [-0.05, 0) is 19.8 Å². The molecule has 0 radical (unpaired) electrons. The van der Waals surface area contributed by atoms with Crippen molar-refractivity contribution in [2.75, 3.05) is 20.7 Å². The van der Waals surface area contributed by atoms with Crippen LogP contribution >= 0.6 is 0 Å². The molecule has 2 aromatic rings. The summed E-state index contributed by atoms with van der Waals surface area (Å²) in [4.78, 5) is 24.1. The summed E-state index contributed by atoms with van der Waals surface area (Å²) in [7, 11) is 3.01. The van der Waals surface area contributed by atoms with Crippen LogP contribution in [-0.2, 0) is 6.42 Å². The Bertz CT molecular complexity index is 851. The van der Waals surface area contributed by atoms with E-state index in [9.17, 15) is 9.59 Å². The molecule has 0 atom stereocenters. The van der Waals surface area contributed by atoms with E-state index < -0.39 is 12.2 Å². The van der Waals surface area contributed by atoms with Crippen LogP contribution in [0.25, 0.3) is 10.8 Å². The molecule has 2 N–H and O–H groups in total. The van der Waals surface area contributed by atoms with E-state index in [4.69, 9.17) is 14.2 Å². The lowest BCUT2D eigenvalue weighted by molar-refractivity contribution is 0.198. The van der Waals surface area contributed by atoms with Gasteiger partial charge in [-0.25, -0.2) is 9.59 Å². The smallest absolute Gasteiger partial charge is 0.412 e. The second-order valence-electron chi connectivity index (χ2n) is 6.53. The largest absolute Gasteiger partial charge is 0.489 e. The van der Waals surface area contributed by atoms with Crippen LogP contribution in [0.4, 0.5) is 9.59 Å². The first-order chi connectivity index (χ1) is 14.1. The molecule has 2 aromatic carbocycles. The Balaban J connectivity index is 2.71. The molecule has 2 rings (SSSR count). The molecule has 0 saturated carbocycles. The SMILES string of the molecule is CCCCCCc1c(OCC)c(OC(=O)NC)c2ccccc2c1OC(=O)NC. The number of carbonyl (C=O) groups is 2. The maximum absolute atomic E-state index is 12.1. The molecule has 158 valence electrons. The summed E-state index contributed by atoms with van der Waals surface area (Å²) in [5.74, 6) is 1.20. The lowest BCUT2D eigenvalue weighted by atomic mass is 9.98. The molecule has 0 aliphatic heterocycles. The predicted molar refractivity (Wildman–Crippen MR) is 113 cm³/mol. The van der Waals surface area contributed by atoms with Crippen molar-refractivity contribution >= 4 is 23.0 Å². The van der Waals surface area contributed by atoms with Crippen molar-refractivity contribution in [3.63, 3.8) is 0 Å². The van der Waals surface area contributed by atoms with E-state index in [0.29, 0.717) is 41.0 Å². The fraction of sp³-hybridized carbons (Fsp3) is 0.455. The Kier molecular flexibility index (Phi) is 8.58. The standard InChI is InChI=1S/C22H30N2O5/c1-5-7-8-9-14-17-18(28-21(25)23-3)15-12-10-11-13-16(15)20(19(17)27-6-2)29-22(26)24-4/h10-13H,5-9,14H2,1-4H3,(H,23,25)(H,24,26). The van der Waals surface area contributed by atoms with Crippen molar-refractivity contribution in [1.29, 1.82) is 0 Å². The Morgan fingerprint density at radius 1 is 0.828 bits per heavy atom. The summed E-state index contributed by atoms with van der Waals surface area (Å²) in [5.41, 5.74) is 0.726. The van der Waals surface area contributed by atoms with Crippen molar-refractivity contribution in [2.45, 2.75) is 46.0 Å². The van der Waals surface area contributed by atoms with Gasteiger partial charge in [0.1, 0.15) is 5.75 Å². The van der Waals surface area contributed by atoms with Crippen LogP contribution in [0.15, 0.2) is 24.3 Å². The third-order valence-corrected chi connectivity index (χ3v) is 4.54. The van der Waals surface area contributed by atoms with E-state index in [1.165, 1.54) is 14.1 Å². The fourth-order valence-electron chi connectivity index (χ4n) is 3.16.